The second kappa shape index (κ2) is 8.21. The minimum absolute atomic E-state index is 0.0428. The number of hydrogen-bond donors (Lipinski definition) is 2. The first-order chi connectivity index (χ1) is 14.1. The number of H-pyrrole nitrogens is 1. The van der Waals surface area contributed by atoms with Crippen molar-refractivity contribution in [3.63, 3.8) is 0 Å². The van der Waals surface area contributed by atoms with Crippen LogP contribution in [-0.2, 0) is 6.54 Å². The molecule has 0 saturated carbocycles. The Morgan fingerprint density at radius 3 is 2.79 bits per heavy atom. The first-order valence-electron chi connectivity index (χ1n) is 9.62. The smallest absolute Gasteiger partial charge is 0.134 e. The number of hydrogen-bond acceptors (Lipinski definition) is 4. The Morgan fingerprint density at radius 2 is 2.03 bits per heavy atom. The van der Waals surface area contributed by atoms with E-state index in [0.717, 1.165) is 30.6 Å². The fourth-order valence-electron chi connectivity index (χ4n) is 4.05. The summed E-state index contributed by atoms with van der Waals surface area (Å²) in [7, 11) is 1.59. The van der Waals surface area contributed by atoms with Gasteiger partial charge in [0.1, 0.15) is 23.1 Å². The molecule has 1 aliphatic heterocycles. The summed E-state index contributed by atoms with van der Waals surface area (Å²) < 4.78 is 33.9. The van der Waals surface area contributed by atoms with Crippen LogP contribution in [0.3, 0.4) is 0 Å². The standard InChI is InChI=1S/C22H23F2N3O2/c1-29-16-7-8-20(28)15(10-16)13-27-9-3-4-14(12-27)22-17(11-25-26-22)21-18(23)5-2-6-19(21)24/h2,5-8,10-11,14,28H,3-4,9,12-13H2,1H3,(H,25,26)/t14-/m1/s1. The number of likely N-dealkylation sites (tertiary alicyclic amines) is 1. The first-order valence-corrected chi connectivity index (χ1v) is 9.62. The van der Waals surface area contributed by atoms with Gasteiger partial charge in [0.05, 0.1) is 18.9 Å². The van der Waals surface area contributed by atoms with E-state index < -0.39 is 11.6 Å². The third-order valence-corrected chi connectivity index (χ3v) is 5.50. The lowest BCUT2D eigenvalue weighted by Gasteiger charge is -2.33. The van der Waals surface area contributed by atoms with E-state index >= 15 is 0 Å². The Kier molecular flexibility index (Phi) is 5.49. The number of rotatable bonds is 5. The molecular weight excluding hydrogens is 376 g/mol. The Bertz CT molecular complexity index is 985. The molecule has 2 heterocycles. The lowest BCUT2D eigenvalue weighted by Crippen LogP contribution is -2.34. The van der Waals surface area contributed by atoms with Crippen LogP contribution < -0.4 is 4.74 Å². The Labute approximate surface area is 167 Å². The van der Waals surface area contributed by atoms with Crippen molar-refractivity contribution in [1.29, 1.82) is 0 Å². The topological polar surface area (TPSA) is 61.4 Å². The van der Waals surface area contributed by atoms with E-state index in [2.05, 4.69) is 15.1 Å². The van der Waals surface area contributed by atoms with E-state index in [1.54, 1.807) is 19.2 Å². The van der Waals surface area contributed by atoms with Crippen molar-refractivity contribution >= 4 is 0 Å². The van der Waals surface area contributed by atoms with Gasteiger partial charge in [-0.15, -0.1) is 0 Å². The van der Waals surface area contributed by atoms with Gasteiger partial charge in [-0.3, -0.25) is 10.00 Å². The number of benzene rings is 2. The molecule has 1 fully saturated rings. The number of methoxy groups -OCH3 is 1. The van der Waals surface area contributed by atoms with Crippen LogP contribution in [0, 0.1) is 11.6 Å². The molecular formula is C22H23F2N3O2. The monoisotopic (exact) mass is 399 g/mol. The summed E-state index contributed by atoms with van der Waals surface area (Å²) >= 11 is 0. The maximum Gasteiger partial charge on any atom is 0.134 e. The van der Waals surface area contributed by atoms with Crippen molar-refractivity contribution in [3.05, 3.63) is 65.5 Å². The van der Waals surface area contributed by atoms with Crippen LogP contribution in [0.1, 0.15) is 30.0 Å². The molecule has 152 valence electrons. The third kappa shape index (κ3) is 3.96. The van der Waals surface area contributed by atoms with E-state index in [1.165, 1.54) is 24.4 Å². The molecule has 4 rings (SSSR count). The number of aromatic amines is 1. The lowest BCUT2D eigenvalue weighted by molar-refractivity contribution is 0.196. The summed E-state index contributed by atoms with van der Waals surface area (Å²) in [4.78, 5) is 2.23. The van der Waals surface area contributed by atoms with Gasteiger partial charge in [-0.05, 0) is 49.7 Å². The summed E-state index contributed by atoms with van der Waals surface area (Å²) in [5.41, 5.74) is 1.96. The fourth-order valence-corrected chi connectivity index (χ4v) is 4.05. The molecule has 7 heteroatoms. The van der Waals surface area contributed by atoms with E-state index in [-0.39, 0.29) is 17.2 Å². The zero-order valence-electron chi connectivity index (χ0n) is 16.2. The second-order valence-electron chi connectivity index (χ2n) is 7.36. The molecule has 1 aromatic heterocycles. The van der Waals surface area contributed by atoms with Gasteiger partial charge in [0.15, 0.2) is 0 Å². The van der Waals surface area contributed by atoms with Crippen molar-refractivity contribution < 1.29 is 18.6 Å². The van der Waals surface area contributed by atoms with Crippen molar-refractivity contribution in [1.82, 2.24) is 15.1 Å². The summed E-state index contributed by atoms with van der Waals surface area (Å²) in [5, 5.41) is 17.2. The fraction of sp³-hybridized carbons (Fsp3) is 0.318. The zero-order chi connectivity index (χ0) is 20.4. The molecule has 1 aliphatic rings. The summed E-state index contributed by atoms with van der Waals surface area (Å²) in [6.45, 7) is 2.14. The molecule has 2 N–H and O–H groups in total. The van der Waals surface area contributed by atoms with Gasteiger partial charge in [0.2, 0.25) is 0 Å². The molecule has 2 aromatic carbocycles. The van der Waals surface area contributed by atoms with Gasteiger partial charge in [-0.25, -0.2) is 8.78 Å². The van der Waals surface area contributed by atoms with E-state index in [4.69, 9.17) is 4.74 Å². The number of nitrogens with zero attached hydrogens (tertiary/aromatic N) is 2. The zero-order valence-corrected chi connectivity index (χ0v) is 16.2. The van der Waals surface area contributed by atoms with Gasteiger partial charge in [-0.2, -0.15) is 5.10 Å². The SMILES string of the molecule is COc1ccc(O)c(CN2CCC[C@@H](c3[nH]ncc3-c3c(F)cccc3F)C2)c1. The molecule has 0 unspecified atom stereocenters. The van der Waals surface area contributed by atoms with Gasteiger partial charge < -0.3 is 9.84 Å². The molecule has 0 bridgehead atoms. The van der Waals surface area contributed by atoms with Crippen LogP contribution in [-0.4, -0.2) is 40.4 Å². The van der Waals surface area contributed by atoms with E-state index in [1.807, 2.05) is 6.07 Å². The summed E-state index contributed by atoms with van der Waals surface area (Å²) in [5.74, 6) is -0.211. The van der Waals surface area contributed by atoms with Gasteiger partial charge in [0, 0.05) is 35.8 Å². The minimum atomic E-state index is -0.596. The predicted octanol–water partition coefficient (Wildman–Crippen LogP) is 4.45. The maximum absolute atomic E-state index is 14.3. The Morgan fingerprint density at radius 1 is 1.24 bits per heavy atom. The largest absolute Gasteiger partial charge is 0.508 e. The van der Waals surface area contributed by atoms with Crippen molar-refractivity contribution in [2.45, 2.75) is 25.3 Å². The molecule has 0 aliphatic carbocycles. The highest BCUT2D eigenvalue weighted by Gasteiger charge is 2.27. The highest BCUT2D eigenvalue weighted by atomic mass is 19.1. The van der Waals surface area contributed by atoms with Crippen LogP contribution in [0.5, 0.6) is 11.5 Å². The van der Waals surface area contributed by atoms with Crippen LogP contribution in [0.25, 0.3) is 11.1 Å². The average molecular weight is 399 g/mol. The van der Waals surface area contributed by atoms with Gasteiger partial charge in [0.25, 0.3) is 0 Å². The average Bonchev–Trinajstić information content (AvgIpc) is 3.19. The minimum Gasteiger partial charge on any atom is -0.508 e. The third-order valence-electron chi connectivity index (χ3n) is 5.50. The highest BCUT2D eigenvalue weighted by molar-refractivity contribution is 5.67. The molecule has 1 saturated heterocycles. The number of nitrogens with one attached hydrogen (secondary N) is 1. The van der Waals surface area contributed by atoms with Crippen molar-refractivity contribution in [2.24, 2.45) is 0 Å². The second-order valence-corrected chi connectivity index (χ2v) is 7.36. The molecule has 0 spiro atoms. The highest BCUT2D eigenvalue weighted by Crippen LogP contribution is 2.36. The number of aromatic hydroxyl groups is 1. The summed E-state index contributed by atoms with van der Waals surface area (Å²) in [6.07, 6.45) is 3.32. The maximum atomic E-state index is 14.3. The van der Waals surface area contributed by atoms with Crippen molar-refractivity contribution in [2.75, 3.05) is 20.2 Å². The van der Waals surface area contributed by atoms with E-state index in [9.17, 15) is 13.9 Å². The van der Waals surface area contributed by atoms with Crippen LogP contribution in [0.15, 0.2) is 42.6 Å². The molecule has 0 radical (unpaired) electrons. The molecule has 29 heavy (non-hydrogen) atoms. The molecule has 1 atom stereocenters. The molecule has 0 amide bonds. The quantitative estimate of drug-likeness (QED) is 0.666. The predicted molar refractivity (Wildman–Crippen MR) is 106 cm³/mol. The van der Waals surface area contributed by atoms with Crippen LogP contribution in [0.2, 0.25) is 0 Å². The van der Waals surface area contributed by atoms with Crippen LogP contribution in [0.4, 0.5) is 8.78 Å². The van der Waals surface area contributed by atoms with Gasteiger partial charge in [-0.1, -0.05) is 6.07 Å². The molecule has 5 nitrogen and oxygen atoms in total. The Balaban J connectivity index is 1.57. The van der Waals surface area contributed by atoms with E-state index in [0.29, 0.717) is 24.4 Å². The van der Waals surface area contributed by atoms with Gasteiger partial charge >= 0.3 is 0 Å². The number of phenolic OH excluding ortho intramolecular Hbond substituents is 1. The Hall–Kier alpha value is -2.93. The normalized spacial score (nSPS) is 17.4. The first kappa shape index (κ1) is 19.4. The number of halogens is 2. The lowest BCUT2D eigenvalue weighted by atomic mass is 9.90. The molecule has 3 aromatic rings. The van der Waals surface area contributed by atoms with Crippen molar-refractivity contribution in [3.8, 4) is 22.6 Å². The summed E-state index contributed by atoms with van der Waals surface area (Å²) in [6, 6.07) is 9.05. The number of aromatic nitrogens is 2. The number of ether oxygens (including phenoxy) is 1. The van der Waals surface area contributed by atoms with Crippen LogP contribution >= 0.6 is 0 Å². The number of piperidine rings is 1. The number of phenols is 1.